The first-order valence-corrected chi connectivity index (χ1v) is 8.75. The molecular formula is C16H15BrO3S. The van der Waals surface area contributed by atoms with Crippen LogP contribution in [0.5, 0.6) is 0 Å². The zero-order valence-electron chi connectivity index (χ0n) is 11.3. The van der Waals surface area contributed by atoms with Gasteiger partial charge in [-0.05, 0) is 12.1 Å². The summed E-state index contributed by atoms with van der Waals surface area (Å²) in [6.07, 6.45) is 0. The van der Waals surface area contributed by atoms with E-state index < -0.39 is 9.84 Å². The van der Waals surface area contributed by atoms with Gasteiger partial charge >= 0.3 is 0 Å². The molecule has 0 radical (unpaired) electrons. The van der Waals surface area contributed by atoms with Crippen LogP contribution in [0.25, 0.3) is 0 Å². The Bertz CT molecular complexity index is 680. The largest absolute Gasteiger partial charge is 0.293 e. The second-order valence-corrected chi connectivity index (χ2v) is 6.40. The first-order chi connectivity index (χ1) is 10.0. The van der Waals surface area contributed by atoms with Gasteiger partial charge in [-0.3, -0.25) is 4.79 Å². The SMILES string of the molecule is C=CS(=O)(=O)c1ccccc1.O=C(CBr)c1ccccc1. The number of hydrogen-bond donors (Lipinski definition) is 0. The number of halogens is 1. The van der Waals surface area contributed by atoms with E-state index >= 15 is 0 Å². The maximum atomic E-state index is 11.1. The van der Waals surface area contributed by atoms with Crippen molar-refractivity contribution in [3.8, 4) is 0 Å². The Morgan fingerprint density at radius 3 is 1.90 bits per heavy atom. The summed E-state index contributed by atoms with van der Waals surface area (Å²) in [4.78, 5) is 11.3. The van der Waals surface area contributed by atoms with Gasteiger partial charge in [0.1, 0.15) is 0 Å². The van der Waals surface area contributed by atoms with E-state index in [-0.39, 0.29) is 10.7 Å². The van der Waals surface area contributed by atoms with Crippen molar-refractivity contribution in [3.05, 3.63) is 78.2 Å². The van der Waals surface area contributed by atoms with Crippen LogP contribution in [-0.4, -0.2) is 19.5 Å². The Kier molecular flexibility index (Phi) is 7.05. The van der Waals surface area contributed by atoms with Gasteiger partial charge < -0.3 is 0 Å². The van der Waals surface area contributed by atoms with E-state index in [4.69, 9.17) is 0 Å². The van der Waals surface area contributed by atoms with E-state index in [2.05, 4.69) is 22.5 Å². The molecule has 0 amide bonds. The Morgan fingerprint density at radius 1 is 1.00 bits per heavy atom. The monoisotopic (exact) mass is 366 g/mol. The van der Waals surface area contributed by atoms with E-state index in [9.17, 15) is 13.2 Å². The topological polar surface area (TPSA) is 51.2 Å². The molecule has 110 valence electrons. The number of carbonyl (C=O) groups excluding carboxylic acids is 1. The minimum Gasteiger partial charge on any atom is -0.293 e. The van der Waals surface area contributed by atoms with Gasteiger partial charge in [-0.25, -0.2) is 8.42 Å². The third kappa shape index (κ3) is 5.65. The fourth-order valence-corrected chi connectivity index (χ4v) is 2.46. The van der Waals surface area contributed by atoms with E-state index in [1.807, 2.05) is 30.3 Å². The molecule has 0 N–H and O–H groups in total. The zero-order valence-corrected chi connectivity index (χ0v) is 13.7. The molecule has 3 nitrogen and oxygen atoms in total. The molecule has 2 aromatic rings. The van der Waals surface area contributed by atoms with Gasteiger partial charge in [0.2, 0.25) is 0 Å². The van der Waals surface area contributed by atoms with Crippen LogP contribution in [0.1, 0.15) is 10.4 Å². The summed E-state index contributed by atoms with van der Waals surface area (Å²) in [5.41, 5.74) is 0.763. The molecule has 0 saturated carbocycles. The predicted octanol–water partition coefficient (Wildman–Crippen LogP) is 3.87. The lowest BCUT2D eigenvalue weighted by atomic mass is 10.2. The fraction of sp³-hybridized carbons (Fsp3) is 0.0625. The van der Waals surface area contributed by atoms with E-state index in [0.29, 0.717) is 5.33 Å². The van der Waals surface area contributed by atoms with E-state index in [0.717, 1.165) is 11.0 Å². The fourth-order valence-electron chi connectivity index (χ4n) is 1.41. The van der Waals surface area contributed by atoms with Crippen LogP contribution < -0.4 is 0 Å². The summed E-state index contributed by atoms with van der Waals surface area (Å²) >= 11 is 3.10. The number of alkyl halides is 1. The summed E-state index contributed by atoms with van der Waals surface area (Å²) < 4.78 is 22.2. The lowest BCUT2D eigenvalue weighted by molar-refractivity contribution is 0.102. The number of ketones is 1. The van der Waals surface area contributed by atoms with Crippen molar-refractivity contribution in [2.45, 2.75) is 4.90 Å². The highest BCUT2D eigenvalue weighted by molar-refractivity contribution is 9.09. The molecule has 0 atom stereocenters. The predicted molar refractivity (Wildman–Crippen MR) is 88.4 cm³/mol. The van der Waals surface area contributed by atoms with E-state index in [1.165, 1.54) is 12.1 Å². The van der Waals surface area contributed by atoms with Crippen molar-refractivity contribution < 1.29 is 13.2 Å². The van der Waals surface area contributed by atoms with Crippen molar-refractivity contribution >= 4 is 31.6 Å². The molecule has 0 aromatic heterocycles. The molecule has 2 rings (SSSR count). The molecule has 0 aliphatic rings. The molecule has 21 heavy (non-hydrogen) atoms. The highest BCUT2D eigenvalue weighted by Crippen LogP contribution is 2.09. The smallest absolute Gasteiger partial charge is 0.199 e. The second-order valence-electron chi connectivity index (χ2n) is 3.95. The first-order valence-electron chi connectivity index (χ1n) is 6.08. The van der Waals surface area contributed by atoms with Gasteiger partial charge in [-0.15, -0.1) is 0 Å². The molecule has 5 heteroatoms. The van der Waals surface area contributed by atoms with Crippen LogP contribution in [0.4, 0.5) is 0 Å². The minimum absolute atomic E-state index is 0.126. The van der Waals surface area contributed by atoms with Gasteiger partial charge in [0.25, 0.3) is 0 Å². The van der Waals surface area contributed by atoms with Crippen LogP contribution in [0.3, 0.4) is 0 Å². The number of Topliss-reactive ketones (excluding diaryl/α,β-unsaturated/α-hetero) is 1. The van der Waals surface area contributed by atoms with Crippen molar-refractivity contribution in [2.75, 3.05) is 5.33 Å². The number of rotatable bonds is 4. The molecule has 0 saturated heterocycles. The number of benzene rings is 2. The summed E-state index contributed by atoms with van der Waals surface area (Å²) in [5.74, 6) is 0.126. The van der Waals surface area contributed by atoms with Crippen LogP contribution in [0, 0.1) is 0 Å². The molecular weight excluding hydrogens is 352 g/mol. The molecule has 0 aliphatic heterocycles. The third-order valence-corrected chi connectivity index (χ3v) is 4.39. The minimum atomic E-state index is -3.23. The Balaban J connectivity index is 0.000000211. The van der Waals surface area contributed by atoms with Gasteiger partial charge in [0, 0.05) is 11.0 Å². The van der Waals surface area contributed by atoms with Crippen molar-refractivity contribution in [2.24, 2.45) is 0 Å². The summed E-state index contributed by atoms with van der Waals surface area (Å²) in [6.45, 7) is 3.22. The van der Waals surface area contributed by atoms with Gasteiger partial charge in [0.05, 0.1) is 10.2 Å². The van der Waals surface area contributed by atoms with Crippen molar-refractivity contribution in [1.82, 2.24) is 0 Å². The van der Waals surface area contributed by atoms with Crippen LogP contribution in [0.2, 0.25) is 0 Å². The molecule has 0 aliphatic carbocycles. The lowest BCUT2D eigenvalue weighted by Crippen LogP contribution is -1.98. The third-order valence-electron chi connectivity index (χ3n) is 2.51. The van der Waals surface area contributed by atoms with Crippen molar-refractivity contribution in [3.63, 3.8) is 0 Å². The maximum Gasteiger partial charge on any atom is 0.199 e. The number of sulfone groups is 1. The summed E-state index contributed by atoms with van der Waals surface area (Å²) in [7, 11) is -3.23. The summed E-state index contributed by atoms with van der Waals surface area (Å²) in [5, 5.41) is 1.35. The molecule has 2 aromatic carbocycles. The average Bonchev–Trinajstić information content (AvgIpc) is 2.56. The molecule has 0 fully saturated rings. The Morgan fingerprint density at radius 2 is 1.48 bits per heavy atom. The molecule has 0 bridgehead atoms. The van der Waals surface area contributed by atoms with Gasteiger partial charge in [-0.2, -0.15) is 0 Å². The quantitative estimate of drug-likeness (QED) is 0.609. The normalized spacial score (nSPS) is 10.1. The Hall–Kier alpha value is -1.72. The zero-order chi connectivity index (χ0) is 15.7. The average molecular weight is 367 g/mol. The maximum absolute atomic E-state index is 11.1. The number of hydrogen-bond acceptors (Lipinski definition) is 3. The number of carbonyl (C=O) groups is 1. The molecule has 0 spiro atoms. The van der Waals surface area contributed by atoms with Crippen LogP contribution >= 0.6 is 15.9 Å². The lowest BCUT2D eigenvalue weighted by Gasteiger charge is -1.95. The highest BCUT2D eigenvalue weighted by atomic mass is 79.9. The molecule has 0 unspecified atom stereocenters. The van der Waals surface area contributed by atoms with Crippen LogP contribution in [0.15, 0.2) is 77.5 Å². The van der Waals surface area contributed by atoms with Gasteiger partial charge in [0.15, 0.2) is 15.6 Å². The standard InChI is InChI=1S/C8H7BrO.C8H8O2S/c9-6-8(10)7-4-2-1-3-5-7;1-2-11(9,10)8-6-4-3-5-7-8/h1-5H,6H2;2-7H,1H2. The second kappa shape index (κ2) is 8.54. The van der Waals surface area contributed by atoms with Crippen molar-refractivity contribution in [1.29, 1.82) is 0 Å². The highest BCUT2D eigenvalue weighted by Gasteiger charge is 2.06. The van der Waals surface area contributed by atoms with Crippen LogP contribution in [-0.2, 0) is 9.84 Å². The van der Waals surface area contributed by atoms with Gasteiger partial charge in [-0.1, -0.05) is 71.0 Å². The summed E-state index contributed by atoms with van der Waals surface area (Å²) in [6, 6.07) is 17.4. The Labute approximate surface area is 133 Å². The molecule has 0 heterocycles. The first kappa shape index (κ1) is 17.3. The van der Waals surface area contributed by atoms with E-state index in [1.54, 1.807) is 18.2 Å².